The molecule has 1 aliphatic heterocycles. The van der Waals surface area contributed by atoms with Gasteiger partial charge in [-0.15, -0.1) is 0 Å². The summed E-state index contributed by atoms with van der Waals surface area (Å²) in [7, 11) is 3.00. The zero-order chi connectivity index (χ0) is 27.8. The molecular weight excluding hydrogens is 502 g/mol. The third-order valence-electron chi connectivity index (χ3n) is 7.02. The molecule has 5 rings (SSSR count). The van der Waals surface area contributed by atoms with Crippen LogP contribution in [0.15, 0.2) is 70.4 Å². The van der Waals surface area contributed by atoms with Gasteiger partial charge < -0.3 is 18.8 Å². The van der Waals surface area contributed by atoms with Crippen molar-refractivity contribution in [3.63, 3.8) is 0 Å². The number of hydrogen-bond donors (Lipinski definition) is 0. The van der Waals surface area contributed by atoms with Gasteiger partial charge in [0.2, 0.25) is 0 Å². The largest absolute Gasteiger partial charge is 0.459 e. The molecule has 39 heavy (non-hydrogen) atoms. The first kappa shape index (κ1) is 26.2. The Morgan fingerprint density at radius 3 is 2.08 bits per heavy atom. The Morgan fingerprint density at radius 1 is 0.872 bits per heavy atom. The SMILES string of the molecule is Cc1ccc(C(=O)OC[C@H]2O[C@H](n3ccc4c(=O)n(C)c(=O)n(C)c43)C[C@@H]2OC(=O)c2ccc(C)cc2)cc1. The molecule has 3 heterocycles. The molecule has 0 aliphatic carbocycles. The Hall–Kier alpha value is -4.44. The van der Waals surface area contributed by atoms with Crippen LogP contribution in [0.3, 0.4) is 0 Å². The van der Waals surface area contributed by atoms with E-state index in [0.29, 0.717) is 22.2 Å². The summed E-state index contributed by atoms with van der Waals surface area (Å²) in [5.74, 6) is -1.05. The lowest BCUT2D eigenvalue weighted by molar-refractivity contribution is -0.0563. The van der Waals surface area contributed by atoms with Gasteiger partial charge in [-0.3, -0.25) is 13.9 Å². The molecule has 0 amide bonds. The van der Waals surface area contributed by atoms with Gasteiger partial charge in [-0.1, -0.05) is 35.4 Å². The van der Waals surface area contributed by atoms with E-state index >= 15 is 0 Å². The summed E-state index contributed by atoms with van der Waals surface area (Å²) < 4.78 is 21.7. The van der Waals surface area contributed by atoms with E-state index in [0.717, 1.165) is 15.7 Å². The highest BCUT2D eigenvalue weighted by Crippen LogP contribution is 2.34. The van der Waals surface area contributed by atoms with Crippen LogP contribution in [0, 0.1) is 13.8 Å². The maximum atomic E-state index is 13.0. The highest BCUT2D eigenvalue weighted by Gasteiger charge is 2.40. The molecule has 0 bridgehead atoms. The summed E-state index contributed by atoms with van der Waals surface area (Å²) in [6, 6.07) is 15.6. The van der Waals surface area contributed by atoms with Crippen LogP contribution >= 0.6 is 0 Å². The number of hydrogen-bond acceptors (Lipinski definition) is 7. The Labute approximate surface area is 224 Å². The molecule has 10 heteroatoms. The third kappa shape index (κ3) is 5.03. The molecule has 4 aromatic rings. The predicted octanol–water partition coefficient (Wildman–Crippen LogP) is 3.03. The number of aromatic nitrogens is 3. The smallest absolute Gasteiger partial charge is 0.338 e. The molecule has 0 N–H and O–H groups in total. The molecule has 1 saturated heterocycles. The van der Waals surface area contributed by atoms with E-state index in [1.165, 1.54) is 11.6 Å². The van der Waals surface area contributed by atoms with Crippen LogP contribution in [0.5, 0.6) is 0 Å². The quantitative estimate of drug-likeness (QED) is 0.352. The van der Waals surface area contributed by atoms with Gasteiger partial charge in [0.1, 0.15) is 30.7 Å². The van der Waals surface area contributed by atoms with E-state index in [1.54, 1.807) is 48.1 Å². The van der Waals surface area contributed by atoms with E-state index in [4.69, 9.17) is 14.2 Å². The summed E-state index contributed by atoms with van der Waals surface area (Å²) in [4.78, 5) is 50.9. The van der Waals surface area contributed by atoms with Gasteiger partial charge in [-0.05, 0) is 44.2 Å². The fraction of sp³-hybridized carbons (Fsp3) is 0.310. The zero-order valence-electron chi connectivity index (χ0n) is 22.1. The summed E-state index contributed by atoms with van der Waals surface area (Å²) in [5.41, 5.74) is 2.29. The third-order valence-corrected chi connectivity index (χ3v) is 7.02. The van der Waals surface area contributed by atoms with Gasteiger partial charge >= 0.3 is 17.6 Å². The highest BCUT2D eigenvalue weighted by molar-refractivity contribution is 5.90. The number of fused-ring (bicyclic) bond motifs is 1. The van der Waals surface area contributed by atoms with Crippen molar-refractivity contribution in [2.45, 2.75) is 38.7 Å². The first-order chi connectivity index (χ1) is 18.6. The lowest BCUT2D eigenvalue weighted by Gasteiger charge is -2.19. The van der Waals surface area contributed by atoms with Crippen LogP contribution in [0.25, 0.3) is 11.0 Å². The number of benzene rings is 2. The minimum absolute atomic E-state index is 0.158. The zero-order valence-corrected chi connectivity index (χ0v) is 22.1. The molecule has 2 aromatic carbocycles. The van der Waals surface area contributed by atoms with Crippen molar-refractivity contribution in [2.24, 2.45) is 14.1 Å². The number of carbonyl (C=O) groups is 2. The molecule has 0 spiro atoms. The molecule has 1 aliphatic rings. The minimum Gasteiger partial charge on any atom is -0.459 e. The first-order valence-corrected chi connectivity index (χ1v) is 12.6. The van der Waals surface area contributed by atoms with Gasteiger partial charge in [0.15, 0.2) is 0 Å². The average molecular weight is 532 g/mol. The van der Waals surface area contributed by atoms with E-state index in [1.807, 2.05) is 38.1 Å². The molecular formula is C29H29N3O7. The molecule has 0 saturated carbocycles. The monoisotopic (exact) mass is 531 g/mol. The molecule has 0 unspecified atom stereocenters. The van der Waals surface area contributed by atoms with Crippen molar-refractivity contribution in [1.29, 1.82) is 0 Å². The summed E-state index contributed by atoms with van der Waals surface area (Å²) in [6.07, 6.45) is -0.331. The van der Waals surface area contributed by atoms with E-state index in [2.05, 4.69) is 0 Å². The lowest BCUT2D eigenvalue weighted by Crippen LogP contribution is -2.37. The van der Waals surface area contributed by atoms with Crippen LogP contribution in [-0.4, -0.2) is 44.5 Å². The number of aryl methyl sites for hydroxylation is 3. The number of nitrogens with zero attached hydrogens (tertiary/aromatic N) is 3. The van der Waals surface area contributed by atoms with Gasteiger partial charge in [0.25, 0.3) is 5.56 Å². The minimum atomic E-state index is -0.778. The Morgan fingerprint density at radius 2 is 1.46 bits per heavy atom. The van der Waals surface area contributed by atoms with Crippen LogP contribution in [0.4, 0.5) is 0 Å². The van der Waals surface area contributed by atoms with Gasteiger partial charge in [0.05, 0.1) is 16.5 Å². The molecule has 202 valence electrons. The summed E-state index contributed by atoms with van der Waals surface area (Å²) in [6.45, 7) is 3.69. The molecule has 0 radical (unpaired) electrons. The number of rotatable bonds is 6. The van der Waals surface area contributed by atoms with Crippen molar-refractivity contribution in [2.75, 3.05) is 6.61 Å². The highest BCUT2D eigenvalue weighted by atomic mass is 16.6. The van der Waals surface area contributed by atoms with Gasteiger partial charge in [0, 0.05) is 26.7 Å². The predicted molar refractivity (Wildman–Crippen MR) is 143 cm³/mol. The first-order valence-electron chi connectivity index (χ1n) is 12.6. The van der Waals surface area contributed by atoms with Crippen LogP contribution in [0.2, 0.25) is 0 Å². The normalized spacial score (nSPS) is 18.8. The Balaban J connectivity index is 1.42. The Kier molecular flexibility index (Phi) is 6.96. The van der Waals surface area contributed by atoms with E-state index in [-0.39, 0.29) is 13.0 Å². The van der Waals surface area contributed by atoms with Crippen molar-refractivity contribution in [1.82, 2.24) is 13.7 Å². The van der Waals surface area contributed by atoms with Crippen molar-refractivity contribution < 1.29 is 23.8 Å². The van der Waals surface area contributed by atoms with Crippen LogP contribution in [-0.2, 0) is 28.3 Å². The van der Waals surface area contributed by atoms with Crippen molar-refractivity contribution in [3.8, 4) is 0 Å². The van der Waals surface area contributed by atoms with Crippen molar-refractivity contribution >= 4 is 23.0 Å². The van der Waals surface area contributed by atoms with Gasteiger partial charge in [-0.25, -0.2) is 14.4 Å². The molecule has 3 atom stereocenters. The fourth-order valence-corrected chi connectivity index (χ4v) is 4.75. The molecule has 10 nitrogen and oxygen atoms in total. The molecule has 2 aromatic heterocycles. The second-order valence-electron chi connectivity index (χ2n) is 9.81. The average Bonchev–Trinajstić information content (AvgIpc) is 3.54. The number of carbonyl (C=O) groups excluding carboxylic acids is 2. The fourth-order valence-electron chi connectivity index (χ4n) is 4.75. The van der Waals surface area contributed by atoms with E-state index < -0.39 is 41.6 Å². The number of ether oxygens (including phenoxy) is 3. The summed E-state index contributed by atoms with van der Waals surface area (Å²) in [5, 5.41) is 0.352. The lowest BCUT2D eigenvalue weighted by atomic mass is 10.1. The van der Waals surface area contributed by atoms with Gasteiger partial charge in [-0.2, -0.15) is 0 Å². The Bertz CT molecular complexity index is 1660. The number of esters is 2. The standard InChI is InChI=1S/C29H29N3O7/c1-17-5-9-19(10-6-17)27(34)37-16-23-22(39-28(35)20-11-7-18(2)8-12-20)15-24(38-23)32-14-13-21-25(32)30(3)29(36)31(4)26(21)33/h5-14,22-24H,15-16H2,1-4H3/t22-,23+,24-/m0/s1. The maximum Gasteiger partial charge on any atom is 0.338 e. The second-order valence-corrected chi connectivity index (χ2v) is 9.81. The van der Waals surface area contributed by atoms with Crippen molar-refractivity contribution in [3.05, 3.63) is 104 Å². The molecule has 1 fully saturated rings. The van der Waals surface area contributed by atoms with Crippen LogP contribution in [0.1, 0.15) is 44.5 Å². The maximum absolute atomic E-state index is 13.0. The van der Waals surface area contributed by atoms with E-state index in [9.17, 15) is 19.2 Å². The summed E-state index contributed by atoms with van der Waals surface area (Å²) >= 11 is 0. The topological polar surface area (TPSA) is 111 Å². The second kappa shape index (κ2) is 10.4. The van der Waals surface area contributed by atoms with Crippen LogP contribution < -0.4 is 11.2 Å².